The summed E-state index contributed by atoms with van der Waals surface area (Å²) < 4.78 is 16.5. The SMILES string of the molecule is COc1ccc(C(=O)Oc2cc(C)c3c(c2)O/C(=C\c2ccc(C(C)C)cc2)C3=O)cc1. The maximum Gasteiger partial charge on any atom is 0.343 e. The van der Waals surface area contributed by atoms with E-state index in [1.165, 1.54) is 5.56 Å². The van der Waals surface area contributed by atoms with Crippen LogP contribution < -0.4 is 14.2 Å². The van der Waals surface area contributed by atoms with Gasteiger partial charge in [0.25, 0.3) is 0 Å². The highest BCUT2D eigenvalue weighted by Gasteiger charge is 2.30. The summed E-state index contributed by atoms with van der Waals surface area (Å²) in [7, 11) is 1.56. The van der Waals surface area contributed by atoms with Crippen molar-refractivity contribution in [2.24, 2.45) is 0 Å². The molecule has 4 rings (SSSR count). The van der Waals surface area contributed by atoms with Crippen LogP contribution >= 0.6 is 0 Å². The van der Waals surface area contributed by atoms with E-state index in [0.29, 0.717) is 39.9 Å². The van der Waals surface area contributed by atoms with Crippen molar-refractivity contribution in [1.29, 1.82) is 0 Å². The third-order valence-corrected chi connectivity index (χ3v) is 5.38. The summed E-state index contributed by atoms with van der Waals surface area (Å²) in [5.41, 5.74) is 3.68. The molecule has 0 aromatic heterocycles. The number of methoxy groups -OCH3 is 1. The first-order chi connectivity index (χ1) is 15.4. The van der Waals surface area contributed by atoms with Crippen LogP contribution in [0.4, 0.5) is 0 Å². The summed E-state index contributed by atoms with van der Waals surface area (Å²) >= 11 is 0. The molecule has 0 spiro atoms. The maximum absolute atomic E-state index is 12.9. The first-order valence-electron chi connectivity index (χ1n) is 10.4. The molecule has 5 nitrogen and oxygen atoms in total. The second kappa shape index (κ2) is 8.71. The molecule has 32 heavy (non-hydrogen) atoms. The van der Waals surface area contributed by atoms with Crippen molar-refractivity contribution in [2.45, 2.75) is 26.7 Å². The van der Waals surface area contributed by atoms with Crippen LogP contribution in [0, 0.1) is 6.92 Å². The van der Waals surface area contributed by atoms with Crippen LogP contribution in [0.15, 0.2) is 66.4 Å². The Kier molecular flexibility index (Phi) is 5.82. The van der Waals surface area contributed by atoms with Crippen LogP contribution in [-0.4, -0.2) is 18.9 Å². The number of benzene rings is 3. The Morgan fingerprint density at radius 2 is 1.66 bits per heavy atom. The smallest absolute Gasteiger partial charge is 0.343 e. The van der Waals surface area contributed by atoms with Gasteiger partial charge in [-0.25, -0.2) is 4.79 Å². The summed E-state index contributed by atoms with van der Waals surface area (Å²) in [5, 5.41) is 0. The van der Waals surface area contributed by atoms with Crippen molar-refractivity contribution in [3.63, 3.8) is 0 Å². The average molecular weight is 428 g/mol. The van der Waals surface area contributed by atoms with Crippen molar-refractivity contribution in [3.05, 3.63) is 94.2 Å². The second-order valence-corrected chi connectivity index (χ2v) is 7.99. The number of ketones is 1. The minimum absolute atomic E-state index is 0.182. The molecule has 0 radical (unpaired) electrons. The van der Waals surface area contributed by atoms with Gasteiger partial charge in [-0.1, -0.05) is 38.1 Å². The average Bonchev–Trinajstić information content (AvgIpc) is 3.09. The second-order valence-electron chi connectivity index (χ2n) is 7.99. The molecule has 1 aliphatic rings. The van der Waals surface area contributed by atoms with Gasteiger partial charge in [-0.05, 0) is 65.9 Å². The van der Waals surface area contributed by atoms with Crippen molar-refractivity contribution in [1.82, 2.24) is 0 Å². The molecule has 3 aromatic carbocycles. The zero-order chi connectivity index (χ0) is 22.8. The molecule has 1 aliphatic heterocycles. The van der Waals surface area contributed by atoms with Crippen LogP contribution in [-0.2, 0) is 0 Å². The minimum atomic E-state index is -0.502. The Morgan fingerprint density at radius 1 is 0.969 bits per heavy atom. The standard InChI is InChI=1S/C27H24O5/c1-16(2)19-7-5-18(6-8-19)14-24-26(28)25-17(3)13-22(15-23(25)32-24)31-27(29)20-9-11-21(30-4)12-10-20/h5-16H,1-4H3/b24-14-. The largest absolute Gasteiger partial charge is 0.497 e. The Bertz CT molecular complexity index is 1200. The highest BCUT2D eigenvalue weighted by molar-refractivity contribution is 6.15. The highest BCUT2D eigenvalue weighted by atomic mass is 16.5. The number of fused-ring (bicyclic) bond motifs is 1. The van der Waals surface area contributed by atoms with E-state index in [0.717, 1.165) is 5.56 Å². The van der Waals surface area contributed by atoms with Gasteiger partial charge in [-0.15, -0.1) is 0 Å². The quantitative estimate of drug-likeness (QED) is 0.285. The Morgan fingerprint density at radius 3 is 2.28 bits per heavy atom. The predicted octanol–water partition coefficient (Wildman–Crippen LogP) is 5.96. The van der Waals surface area contributed by atoms with Gasteiger partial charge in [-0.3, -0.25) is 4.79 Å². The molecule has 0 saturated heterocycles. The lowest BCUT2D eigenvalue weighted by Gasteiger charge is -2.08. The van der Waals surface area contributed by atoms with Crippen LogP contribution in [0.2, 0.25) is 0 Å². The Labute approximate surface area is 187 Å². The normalized spacial score (nSPS) is 13.8. The number of esters is 1. The third kappa shape index (κ3) is 4.28. The minimum Gasteiger partial charge on any atom is -0.497 e. The molecule has 0 unspecified atom stereocenters. The van der Waals surface area contributed by atoms with E-state index in [4.69, 9.17) is 14.2 Å². The molecule has 0 aliphatic carbocycles. The van der Waals surface area contributed by atoms with Crippen molar-refractivity contribution in [2.75, 3.05) is 7.11 Å². The van der Waals surface area contributed by atoms with Gasteiger partial charge in [0.05, 0.1) is 18.2 Å². The molecular formula is C27H24O5. The number of carbonyl (C=O) groups is 2. The first-order valence-corrected chi connectivity index (χ1v) is 10.4. The molecule has 3 aromatic rings. The van der Waals surface area contributed by atoms with Crippen molar-refractivity contribution < 1.29 is 23.8 Å². The fraction of sp³-hybridized carbons (Fsp3) is 0.185. The lowest BCUT2D eigenvalue weighted by molar-refractivity contribution is 0.0734. The van der Waals surface area contributed by atoms with E-state index in [1.54, 1.807) is 56.5 Å². The van der Waals surface area contributed by atoms with Crippen molar-refractivity contribution >= 4 is 17.8 Å². The number of hydrogen-bond acceptors (Lipinski definition) is 5. The van der Waals surface area contributed by atoms with Gasteiger partial charge >= 0.3 is 5.97 Å². The molecule has 0 amide bonds. The predicted molar refractivity (Wildman–Crippen MR) is 123 cm³/mol. The van der Waals surface area contributed by atoms with Gasteiger partial charge in [0.1, 0.15) is 17.2 Å². The third-order valence-electron chi connectivity index (χ3n) is 5.38. The summed E-state index contributed by atoms with van der Waals surface area (Å²) in [6.45, 7) is 6.07. The number of aryl methyl sites for hydroxylation is 1. The zero-order valence-electron chi connectivity index (χ0n) is 18.5. The Balaban J connectivity index is 1.55. The molecule has 0 fully saturated rings. The highest BCUT2D eigenvalue weighted by Crippen LogP contribution is 2.37. The molecular weight excluding hydrogens is 404 g/mol. The number of hydrogen-bond donors (Lipinski definition) is 0. The lowest BCUT2D eigenvalue weighted by atomic mass is 10.0. The van der Waals surface area contributed by atoms with Crippen LogP contribution in [0.1, 0.15) is 57.2 Å². The van der Waals surface area contributed by atoms with Gasteiger partial charge in [0.15, 0.2) is 5.76 Å². The van der Waals surface area contributed by atoms with Gasteiger partial charge in [0.2, 0.25) is 5.78 Å². The molecule has 0 atom stereocenters. The van der Waals surface area contributed by atoms with Crippen LogP contribution in [0.5, 0.6) is 17.2 Å². The summed E-state index contributed by atoms with van der Waals surface area (Å²) in [5.74, 6) is 1.36. The molecule has 0 N–H and O–H groups in total. The van der Waals surface area contributed by atoms with Gasteiger partial charge < -0.3 is 14.2 Å². The zero-order valence-corrected chi connectivity index (χ0v) is 18.5. The number of allylic oxidation sites excluding steroid dienone is 1. The lowest BCUT2D eigenvalue weighted by Crippen LogP contribution is -2.08. The van der Waals surface area contributed by atoms with Crippen LogP contribution in [0.25, 0.3) is 6.08 Å². The molecule has 162 valence electrons. The van der Waals surface area contributed by atoms with Gasteiger partial charge in [-0.2, -0.15) is 0 Å². The monoisotopic (exact) mass is 428 g/mol. The van der Waals surface area contributed by atoms with E-state index in [-0.39, 0.29) is 11.5 Å². The fourth-order valence-corrected chi connectivity index (χ4v) is 3.56. The van der Waals surface area contributed by atoms with E-state index < -0.39 is 5.97 Å². The van der Waals surface area contributed by atoms with Crippen molar-refractivity contribution in [3.8, 4) is 17.2 Å². The first kappa shape index (κ1) is 21.4. The van der Waals surface area contributed by atoms with E-state index in [1.807, 2.05) is 24.3 Å². The number of Topliss-reactive ketones (excluding diaryl/α,β-unsaturated/α-hetero) is 1. The molecule has 0 saturated carbocycles. The number of carbonyl (C=O) groups excluding carboxylic acids is 2. The summed E-state index contributed by atoms with van der Waals surface area (Å²) in [6.07, 6.45) is 1.73. The van der Waals surface area contributed by atoms with E-state index in [2.05, 4.69) is 13.8 Å². The van der Waals surface area contributed by atoms with Gasteiger partial charge in [0, 0.05) is 6.07 Å². The number of ether oxygens (including phenoxy) is 3. The van der Waals surface area contributed by atoms with E-state index >= 15 is 0 Å². The number of rotatable bonds is 5. The molecule has 5 heteroatoms. The topological polar surface area (TPSA) is 61.8 Å². The Hall–Kier alpha value is -3.86. The molecule has 0 bridgehead atoms. The van der Waals surface area contributed by atoms with E-state index in [9.17, 15) is 9.59 Å². The fourth-order valence-electron chi connectivity index (χ4n) is 3.56. The maximum atomic E-state index is 12.9. The summed E-state index contributed by atoms with van der Waals surface area (Å²) in [6, 6.07) is 17.9. The molecule has 1 heterocycles. The summed E-state index contributed by atoms with van der Waals surface area (Å²) in [4.78, 5) is 25.4. The van der Waals surface area contributed by atoms with Crippen LogP contribution in [0.3, 0.4) is 0 Å².